The van der Waals surface area contributed by atoms with Gasteiger partial charge in [-0.2, -0.15) is 0 Å². The van der Waals surface area contributed by atoms with Crippen LogP contribution in [0.4, 0.5) is 0 Å². The van der Waals surface area contributed by atoms with Crippen LogP contribution in [0.3, 0.4) is 0 Å². The van der Waals surface area contributed by atoms with Crippen molar-refractivity contribution < 1.29 is 24.5 Å². The minimum atomic E-state index is -0.701. The number of aliphatic hydroxyl groups is 2. The SMILES string of the molecule is CCCCC[C@H](O)/C=C/[C@H]1[C@H](O)CC(=O)[C@@H]1Cc1ccccc1CCCC(=O)OCC. The van der Waals surface area contributed by atoms with E-state index >= 15 is 0 Å². The Hall–Kier alpha value is -1.98. The highest BCUT2D eigenvalue weighted by molar-refractivity contribution is 5.85. The highest BCUT2D eigenvalue weighted by atomic mass is 16.5. The maximum absolute atomic E-state index is 12.6. The van der Waals surface area contributed by atoms with Crippen LogP contribution >= 0.6 is 0 Å². The Morgan fingerprint density at radius 3 is 2.65 bits per heavy atom. The van der Waals surface area contributed by atoms with Crippen molar-refractivity contribution >= 4 is 11.8 Å². The molecule has 172 valence electrons. The third-order valence-electron chi connectivity index (χ3n) is 6.08. The lowest BCUT2D eigenvalue weighted by molar-refractivity contribution is -0.143. The molecule has 1 aromatic rings. The van der Waals surface area contributed by atoms with Crippen LogP contribution in [0.2, 0.25) is 0 Å². The molecule has 2 N–H and O–H groups in total. The van der Waals surface area contributed by atoms with Gasteiger partial charge in [0.1, 0.15) is 5.78 Å². The van der Waals surface area contributed by atoms with E-state index in [-0.39, 0.29) is 30.0 Å². The molecule has 1 saturated carbocycles. The molecule has 0 saturated heterocycles. The van der Waals surface area contributed by atoms with Gasteiger partial charge in [0.2, 0.25) is 0 Å². The molecular weight excluding hydrogens is 392 g/mol. The molecule has 0 amide bonds. The summed E-state index contributed by atoms with van der Waals surface area (Å²) >= 11 is 0. The Bertz CT molecular complexity index is 726. The van der Waals surface area contributed by atoms with Crippen molar-refractivity contribution in [3.8, 4) is 0 Å². The van der Waals surface area contributed by atoms with Crippen LogP contribution in [0.5, 0.6) is 0 Å². The third kappa shape index (κ3) is 8.23. The van der Waals surface area contributed by atoms with Crippen LogP contribution in [0.25, 0.3) is 0 Å². The van der Waals surface area contributed by atoms with Crippen LogP contribution in [0, 0.1) is 11.8 Å². The van der Waals surface area contributed by atoms with Gasteiger partial charge in [0.05, 0.1) is 18.8 Å². The quantitative estimate of drug-likeness (QED) is 0.279. The monoisotopic (exact) mass is 430 g/mol. The highest BCUT2D eigenvalue weighted by Gasteiger charge is 2.40. The summed E-state index contributed by atoms with van der Waals surface area (Å²) in [6.07, 6.45) is 8.77. The van der Waals surface area contributed by atoms with Gasteiger partial charge in [-0.05, 0) is 43.7 Å². The number of carbonyl (C=O) groups is 2. The second-order valence-electron chi connectivity index (χ2n) is 8.50. The predicted octanol–water partition coefficient (Wildman–Crippen LogP) is 4.18. The van der Waals surface area contributed by atoms with Gasteiger partial charge in [-0.25, -0.2) is 0 Å². The van der Waals surface area contributed by atoms with Gasteiger partial charge in [-0.1, -0.05) is 62.6 Å². The lowest BCUT2D eigenvalue weighted by Gasteiger charge is -2.20. The van der Waals surface area contributed by atoms with Crippen molar-refractivity contribution in [3.05, 3.63) is 47.5 Å². The zero-order chi connectivity index (χ0) is 22.6. The van der Waals surface area contributed by atoms with Crippen molar-refractivity contribution in [2.24, 2.45) is 11.8 Å². The number of aryl methyl sites for hydroxylation is 1. The fourth-order valence-corrected chi connectivity index (χ4v) is 4.34. The fraction of sp³-hybridized carbons (Fsp3) is 0.615. The number of benzene rings is 1. The van der Waals surface area contributed by atoms with E-state index in [0.29, 0.717) is 32.3 Å². The number of ether oxygens (including phenoxy) is 1. The van der Waals surface area contributed by atoms with E-state index in [2.05, 4.69) is 6.92 Å². The normalized spacial score (nSPS) is 22.2. The molecule has 31 heavy (non-hydrogen) atoms. The molecule has 2 rings (SSSR count). The minimum Gasteiger partial charge on any atom is -0.466 e. The minimum absolute atomic E-state index is 0.0731. The molecule has 1 aliphatic rings. The first-order chi connectivity index (χ1) is 15.0. The Morgan fingerprint density at radius 2 is 1.94 bits per heavy atom. The van der Waals surface area contributed by atoms with E-state index in [1.165, 1.54) is 0 Å². The summed E-state index contributed by atoms with van der Waals surface area (Å²) in [7, 11) is 0. The first-order valence-electron chi connectivity index (χ1n) is 11.8. The summed E-state index contributed by atoms with van der Waals surface area (Å²) in [5.41, 5.74) is 2.21. The number of carbonyl (C=O) groups excluding carboxylic acids is 2. The molecule has 5 heteroatoms. The Kier molecular flexibility index (Phi) is 11.0. The van der Waals surface area contributed by atoms with Gasteiger partial charge < -0.3 is 14.9 Å². The topological polar surface area (TPSA) is 83.8 Å². The van der Waals surface area contributed by atoms with Crippen LogP contribution in [0.15, 0.2) is 36.4 Å². The molecule has 1 aromatic carbocycles. The first kappa shape index (κ1) is 25.3. The first-order valence-corrected chi connectivity index (χ1v) is 11.8. The van der Waals surface area contributed by atoms with Crippen molar-refractivity contribution in [3.63, 3.8) is 0 Å². The summed E-state index contributed by atoms with van der Waals surface area (Å²) in [4.78, 5) is 24.2. The lowest BCUT2D eigenvalue weighted by atomic mass is 9.85. The van der Waals surface area contributed by atoms with Crippen molar-refractivity contribution in [1.29, 1.82) is 0 Å². The maximum atomic E-state index is 12.6. The predicted molar refractivity (Wildman–Crippen MR) is 122 cm³/mol. The number of hydrogen-bond donors (Lipinski definition) is 2. The molecule has 0 aliphatic heterocycles. The van der Waals surface area contributed by atoms with Gasteiger partial charge in [0.15, 0.2) is 0 Å². The van der Waals surface area contributed by atoms with Crippen molar-refractivity contribution in [2.75, 3.05) is 6.61 Å². The van der Waals surface area contributed by atoms with E-state index in [0.717, 1.165) is 36.8 Å². The van der Waals surface area contributed by atoms with E-state index in [1.54, 1.807) is 13.0 Å². The van der Waals surface area contributed by atoms with Gasteiger partial charge in [-0.3, -0.25) is 9.59 Å². The average Bonchev–Trinajstić information content (AvgIpc) is 3.00. The number of aliphatic hydroxyl groups excluding tert-OH is 2. The largest absolute Gasteiger partial charge is 0.466 e. The summed E-state index contributed by atoms with van der Waals surface area (Å²) in [6, 6.07) is 8.00. The van der Waals surface area contributed by atoms with Crippen molar-refractivity contribution in [2.45, 2.75) is 83.8 Å². The van der Waals surface area contributed by atoms with Crippen LogP contribution in [0.1, 0.15) is 69.9 Å². The van der Waals surface area contributed by atoms with Gasteiger partial charge >= 0.3 is 5.97 Å². The molecule has 0 bridgehead atoms. The zero-order valence-corrected chi connectivity index (χ0v) is 19.0. The zero-order valence-electron chi connectivity index (χ0n) is 19.0. The Morgan fingerprint density at radius 1 is 1.19 bits per heavy atom. The van der Waals surface area contributed by atoms with Gasteiger partial charge in [0.25, 0.3) is 0 Å². The number of ketones is 1. The van der Waals surface area contributed by atoms with E-state index in [1.807, 2.05) is 30.3 Å². The van der Waals surface area contributed by atoms with E-state index < -0.39 is 12.2 Å². The van der Waals surface area contributed by atoms with E-state index in [4.69, 9.17) is 4.74 Å². The average molecular weight is 431 g/mol. The highest BCUT2D eigenvalue weighted by Crippen LogP contribution is 2.34. The smallest absolute Gasteiger partial charge is 0.305 e. The van der Waals surface area contributed by atoms with Crippen LogP contribution in [-0.4, -0.2) is 40.8 Å². The molecule has 1 aliphatic carbocycles. The molecule has 5 nitrogen and oxygen atoms in total. The summed E-state index contributed by atoms with van der Waals surface area (Å²) in [5, 5.41) is 20.6. The molecule has 4 atom stereocenters. The Labute approximate surface area is 186 Å². The maximum Gasteiger partial charge on any atom is 0.305 e. The number of unbranched alkanes of at least 4 members (excludes halogenated alkanes) is 2. The number of esters is 1. The van der Waals surface area contributed by atoms with Crippen molar-refractivity contribution in [1.82, 2.24) is 0 Å². The van der Waals surface area contributed by atoms with Gasteiger partial charge in [0, 0.05) is 24.7 Å². The fourth-order valence-electron chi connectivity index (χ4n) is 4.34. The second-order valence-corrected chi connectivity index (χ2v) is 8.50. The molecule has 1 fully saturated rings. The summed E-state index contributed by atoms with van der Waals surface area (Å²) < 4.78 is 5.00. The van der Waals surface area contributed by atoms with Crippen LogP contribution < -0.4 is 0 Å². The number of hydrogen-bond acceptors (Lipinski definition) is 5. The van der Waals surface area contributed by atoms with Crippen LogP contribution in [-0.2, 0) is 27.2 Å². The molecule has 0 radical (unpaired) electrons. The number of Topliss-reactive ketones (excluding diaryl/α,β-unsaturated/α-hetero) is 1. The summed E-state index contributed by atoms with van der Waals surface area (Å²) in [5.74, 6) is -0.679. The standard InChI is InChI=1S/C26H38O5/c1-3-5-6-13-21(27)15-16-22-23(25(29)18-24(22)28)17-20-11-8-7-10-19(20)12-9-14-26(30)31-4-2/h7-8,10-11,15-16,21-24,27-28H,3-6,9,12-14,17-18H2,1-2H3/b16-15+/t21-,22+,23+,24+/m0/s1. The second kappa shape index (κ2) is 13.4. The molecular formula is C26H38O5. The van der Waals surface area contributed by atoms with E-state index in [9.17, 15) is 19.8 Å². The lowest BCUT2D eigenvalue weighted by Crippen LogP contribution is -2.21. The molecule has 0 spiro atoms. The Balaban J connectivity index is 2.02. The molecule has 0 heterocycles. The third-order valence-corrected chi connectivity index (χ3v) is 6.08. The van der Waals surface area contributed by atoms with Gasteiger partial charge in [-0.15, -0.1) is 0 Å². The summed E-state index contributed by atoms with van der Waals surface area (Å²) in [6.45, 7) is 4.32. The molecule has 0 unspecified atom stereocenters. The number of rotatable bonds is 13. The molecule has 0 aromatic heterocycles.